The molecule has 0 fully saturated rings. The van der Waals surface area contributed by atoms with Crippen molar-refractivity contribution in [3.8, 4) is 5.75 Å². The van der Waals surface area contributed by atoms with Crippen LogP contribution in [0.1, 0.15) is 21.7 Å². The lowest BCUT2D eigenvalue weighted by atomic mass is 10.2. The molecular weight excluding hydrogens is 421 g/mol. The highest BCUT2D eigenvalue weighted by Gasteiger charge is 2.20. The van der Waals surface area contributed by atoms with Gasteiger partial charge in [-0.15, -0.1) is 0 Å². The first-order valence-corrected chi connectivity index (χ1v) is 10.1. The van der Waals surface area contributed by atoms with E-state index < -0.39 is 0 Å². The van der Waals surface area contributed by atoms with Crippen molar-refractivity contribution >= 4 is 40.0 Å². The van der Waals surface area contributed by atoms with Crippen LogP contribution in [0.2, 0.25) is 10.0 Å². The summed E-state index contributed by atoms with van der Waals surface area (Å²) in [6.07, 6.45) is 1.71. The molecule has 0 aliphatic heterocycles. The number of nitrogens with zero attached hydrogens (tertiary/aromatic N) is 2. The van der Waals surface area contributed by atoms with Gasteiger partial charge in [0.25, 0.3) is 5.91 Å². The highest BCUT2D eigenvalue weighted by atomic mass is 35.5. The van der Waals surface area contributed by atoms with Crippen LogP contribution in [-0.2, 0) is 13.1 Å². The van der Waals surface area contributed by atoms with E-state index in [1.54, 1.807) is 30.3 Å². The Morgan fingerprint density at radius 2 is 1.90 bits per heavy atom. The van der Waals surface area contributed by atoms with Gasteiger partial charge in [0, 0.05) is 29.7 Å². The van der Waals surface area contributed by atoms with E-state index in [4.69, 9.17) is 27.9 Å². The average molecular weight is 440 g/mol. The van der Waals surface area contributed by atoms with Crippen molar-refractivity contribution in [2.45, 2.75) is 13.1 Å². The molecule has 1 amide bonds. The molecule has 4 aromatic rings. The van der Waals surface area contributed by atoms with Crippen LogP contribution in [-0.4, -0.2) is 27.9 Å². The van der Waals surface area contributed by atoms with Gasteiger partial charge in [0.05, 0.1) is 29.4 Å². The van der Waals surface area contributed by atoms with Crippen LogP contribution in [0.15, 0.2) is 66.9 Å². The second-order valence-electron chi connectivity index (χ2n) is 6.87. The fourth-order valence-electron chi connectivity index (χ4n) is 3.26. The van der Waals surface area contributed by atoms with E-state index in [1.807, 2.05) is 48.5 Å². The third-order valence-corrected chi connectivity index (χ3v) is 5.52. The quantitative estimate of drug-likeness (QED) is 0.417. The lowest BCUT2D eigenvalue weighted by molar-refractivity contribution is 0.0723. The smallest absolute Gasteiger partial charge is 0.270 e. The molecule has 0 aliphatic carbocycles. The normalized spacial score (nSPS) is 10.9. The van der Waals surface area contributed by atoms with Crippen LogP contribution in [0.25, 0.3) is 10.9 Å². The van der Waals surface area contributed by atoms with Gasteiger partial charge in [0.1, 0.15) is 11.4 Å². The Bertz CT molecular complexity index is 1190. The molecule has 2 heterocycles. The number of ether oxygens (including phenoxy) is 1. The predicted octanol–water partition coefficient (Wildman–Crippen LogP) is 5.72. The number of nitrogens with one attached hydrogen (secondary N) is 1. The van der Waals surface area contributed by atoms with Crippen molar-refractivity contribution in [1.82, 2.24) is 14.9 Å². The molecule has 1 N–H and O–H groups in total. The number of carbonyl (C=O) groups excluding carboxylic acids is 1. The third kappa shape index (κ3) is 4.42. The summed E-state index contributed by atoms with van der Waals surface area (Å²) in [6.45, 7) is 0.726. The summed E-state index contributed by atoms with van der Waals surface area (Å²) < 4.78 is 5.27. The van der Waals surface area contributed by atoms with Crippen LogP contribution in [0, 0.1) is 0 Å². The van der Waals surface area contributed by atoms with E-state index >= 15 is 0 Å². The second-order valence-corrected chi connectivity index (χ2v) is 7.68. The molecule has 7 heteroatoms. The third-order valence-electron chi connectivity index (χ3n) is 4.78. The molecule has 2 aromatic heterocycles. The number of methoxy groups -OCH3 is 1. The number of benzene rings is 2. The molecule has 0 radical (unpaired) electrons. The van der Waals surface area contributed by atoms with Gasteiger partial charge in [0.2, 0.25) is 0 Å². The number of hydrogen-bond acceptors (Lipinski definition) is 3. The first-order chi connectivity index (χ1) is 14.5. The van der Waals surface area contributed by atoms with Crippen LogP contribution < -0.4 is 4.74 Å². The van der Waals surface area contributed by atoms with E-state index in [2.05, 4.69) is 9.97 Å². The summed E-state index contributed by atoms with van der Waals surface area (Å²) in [4.78, 5) is 22.7. The standard InChI is InChI=1S/C23H19Cl2N3O2/c1-30-18-7-6-16-11-22(27-21(16)12-18)23(29)28(14-17-4-2-3-9-26-17)13-15-5-8-19(24)20(25)10-15/h2-12,27H,13-14H2,1H3. The Hall–Kier alpha value is -3.02. The summed E-state index contributed by atoms with van der Waals surface area (Å²) >= 11 is 12.2. The first-order valence-electron chi connectivity index (χ1n) is 9.33. The number of aromatic nitrogens is 2. The summed E-state index contributed by atoms with van der Waals surface area (Å²) in [5.74, 6) is 0.589. The van der Waals surface area contributed by atoms with Gasteiger partial charge in [-0.25, -0.2) is 0 Å². The van der Waals surface area contributed by atoms with Crippen molar-refractivity contribution in [1.29, 1.82) is 0 Å². The summed E-state index contributed by atoms with van der Waals surface area (Å²) in [5, 5.41) is 1.87. The van der Waals surface area contributed by atoms with E-state index in [1.165, 1.54) is 0 Å². The summed E-state index contributed by atoms with van der Waals surface area (Å²) in [7, 11) is 1.61. The zero-order valence-electron chi connectivity index (χ0n) is 16.2. The van der Waals surface area contributed by atoms with Gasteiger partial charge in [-0.2, -0.15) is 0 Å². The summed E-state index contributed by atoms with van der Waals surface area (Å²) in [5.41, 5.74) is 3.01. The lowest BCUT2D eigenvalue weighted by Gasteiger charge is -2.22. The number of hydrogen-bond donors (Lipinski definition) is 1. The van der Waals surface area contributed by atoms with E-state index in [0.717, 1.165) is 27.9 Å². The van der Waals surface area contributed by atoms with Crippen molar-refractivity contribution in [3.05, 3.63) is 93.9 Å². The van der Waals surface area contributed by atoms with E-state index in [-0.39, 0.29) is 5.91 Å². The largest absolute Gasteiger partial charge is 0.497 e. The van der Waals surface area contributed by atoms with Gasteiger partial charge in [-0.3, -0.25) is 9.78 Å². The number of amides is 1. The molecule has 0 spiro atoms. The van der Waals surface area contributed by atoms with Crippen molar-refractivity contribution in [3.63, 3.8) is 0 Å². The molecule has 5 nitrogen and oxygen atoms in total. The molecular formula is C23H19Cl2N3O2. The van der Waals surface area contributed by atoms with Crippen molar-refractivity contribution in [2.75, 3.05) is 7.11 Å². The lowest BCUT2D eigenvalue weighted by Crippen LogP contribution is -2.30. The van der Waals surface area contributed by atoms with Crippen molar-refractivity contribution in [2.24, 2.45) is 0 Å². The number of fused-ring (bicyclic) bond motifs is 1. The molecule has 0 bridgehead atoms. The second kappa shape index (κ2) is 8.78. The van der Waals surface area contributed by atoms with Crippen LogP contribution in [0.3, 0.4) is 0 Å². The Kier molecular flexibility index (Phi) is 5.93. The maximum atomic E-state index is 13.4. The molecule has 0 atom stereocenters. The van der Waals surface area contributed by atoms with Gasteiger partial charge in [-0.05, 0) is 48.0 Å². The average Bonchev–Trinajstić information content (AvgIpc) is 3.19. The van der Waals surface area contributed by atoms with Crippen LogP contribution in [0.5, 0.6) is 5.75 Å². The van der Waals surface area contributed by atoms with Gasteiger partial charge >= 0.3 is 0 Å². The molecule has 30 heavy (non-hydrogen) atoms. The maximum absolute atomic E-state index is 13.4. The Morgan fingerprint density at radius 3 is 2.63 bits per heavy atom. The topological polar surface area (TPSA) is 58.2 Å². The fraction of sp³-hybridized carbons (Fsp3) is 0.130. The molecule has 4 rings (SSSR count). The number of rotatable bonds is 6. The van der Waals surface area contributed by atoms with Crippen LogP contribution >= 0.6 is 23.2 Å². The van der Waals surface area contributed by atoms with Crippen LogP contribution in [0.4, 0.5) is 0 Å². The zero-order valence-corrected chi connectivity index (χ0v) is 17.7. The zero-order chi connectivity index (χ0) is 21.1. The first kappa shape index (κ1) is 20.3. The molecule has 0 saturated heterocycles. The van der Waals surface area contributed by atoms with Crippen molar-refractivity contribution < 1.29 is 9.53 Å². The Balaban J connectivity index is 1.66. The monoisotopic (exact) mass is 439 g/mol. The van der Waals surface area contributed by atoms with E-state index in [9.17, 15) is 4.79 Å². The highest BCUT2D eigenvalue weighted by molar-refractivity contribution is 6.42. The molecule has 0 saturated carbocycles. The maximum Gasteiger partial charge on any atom is 0.270 e. The summed E-state index contributed by atoms with van der Waals surface area (Å²) in [6, 6.07) is 18.5. The minimum absolute atomic E-state index is 0.137. The number of aromatic amines is 1. The molecule has 2 aromatic carbocycles. The van der Waals surface area contributed by atoms with Gasteiger partial charge in [-0.1, -0.05) is 35.3 Å². The number of H-pyrrole nitrogens is 1. The molecule has 152 valence electrons. The van der Waals surface area contributed by atoms with Gasteiger partial charge in [0.15, 0.2) is 0 Å². The Morgan fingerprint density at radius 1 is 1.03 bits per heavy atom. The minimum Gasteiger partial charge on any atom is -0.497 e. The van der Waals surface area contributed by atoms with E-state index in [0.29, 0.717) is 28.8 Å². The molecule has 0 unspecified atom stereocenters. The minimum atomic E-state index is -0.137. The highest BCUT2D eigenvalue weighted by Crippen LogP contribution is 2.25. The fourth-order valence-corrected chi connectivity index (χ4v) is 3.58. The number of carbonyl (C=O) groups is 1. The SMILES string of the molecule is COc1ccc2cc(C(=O)N(Cc3ccc(Cl)c(Cl)c3)Cc3ccccn3)[nH]c2c1. The number of halogens is 2. The predicted molar refractivity (Wildman–Crippen MR) is 119 cm³/mol. The van der Waals surface area contributed by atoms with Gasteiger partial charge < -0.3 is 14.6 Å². The number of pyridine rings is 1. The Labute approximate surface area is 184 Å². The molecule has 0 aliphatic rings.